The van der Waals surface area contributed by atoms with Crippen LogP contribution < -0.4 is 11.0 Å². The predicted molar refractivity (Wildman–Crippen MR) is 77.9 cm³/mol. The van der Waals surface area contributed by atoms with Gasteiger partial charge in [0.25, 0.3) is 0 Å². The minimum absolute atomic E-state index is 0.243. The van der Waals surface area contributed by atoms with E-state index in [4.69, 9.17) is 4.74 Å². The number of likely N-dealkylation sites (N-methyl/N-ethyl adjacent to an activating group) is 1. The summed E-state index contributed by atoms with van der Waals surface area (Å²) in [5, 5.41) is 10.1. The number of H-pyrrole nitrogens is 1. The third-order valence-corrected chi connectivity index (χ3v) is 4.00. The van der Waals surface area contributed by atoms with Gasteiger partial charge in [0.15, 0.2) is 5.16 Å². The van der Waals surface area contributed by atoms with Crippen molar-refractivity contribution in [3.05, 3.63) is 10.5 Å². The molecule has 0 bridgehead atoms. The second-order valence-electron chi connectivity index (χ2n) is 4.55. The number of nitrogens with one attached hydrogen (secondary N) is 2. The summed E-state index contributed by atoms with van der Waals surface area (Å²) in [4.78, 5) is 23.2. The average Bonchev–Trinajstić information content (AvgIpc) is 2.71. The molecule has 0 fully saturated rings. The lowest BCUT2D eigenvalue weighted by atomic mass is 9.99. The topological polar surface area (TPSA) is 89.0 Å². The zero-order valence-electron chi connectivity index (χ0n) is 12.4. The number of nitrogens with zero attached hydrogens (tertiary/aromatic N) is 2. The maximum Gasteiger partial charge on any atom is 0.343 e. The fourth-order valence-electron chi connectivity index (χ4n) is 1.75. The van der Waals surface area contributed by atoms with Crippen LogP contribution in [0.5, 0.6) is 0 Å². The number of ether oxygens (including phenoxy) is 1. The van der Waals surface area contributed by atoms with E-state index in [1.807, 2.05) is 13.8 Å². The third-order valence-electron chi connectivity index (χ3n) is 2.96. The van der Waals surface area contributed by atoms with Crippen LogP contribution in [-0.2, 0) is 16.6 Å². The molecule has 2 N–H and O–H groups in total. The molecule has 114 valence electrons. The molecule has 20 heavy (non-hydrogen) atoms. The molecule has 8 heteroatoms. The third kappa shape index (κ3) is 4.11. The summed E-state index contributed by atoms with van der Waals surface area (Å²) in [5.74, 6) is 0.402. The van der Waals surface area contributed by atoms with Gasteiger partial charge in [0, 0.05) is 12.8 Å². The number of carbonyl (C=O) groups is 1. The zero-order valence-corrected chi connectivity index (χ0v) is 13.2. The second-order valence-corrected chi connectivity index (χ2v) is 5.61. The van der Waals surface area contributed by atoms with Gasteiger partial charge in [0.1, 0.15) is 5.54 Å². The highest BCUT2D eigenvalue weighted by Crippen LogP contribution is 2.20. The van der Waals surface area contributed by atoms with Crippen LogP contribution >= 0.6 is 11.8 Å². The van der Waals surface area contributed by atoms with Crippen LogP contribution in [0.1, 0.15) is 27.2 Å². The molecule has 0 aliphatic rings. The smallest absolute Gasteiger partial charge is 0.343 e. The Hall–Kier alpha value is -1.28. The second kappa shape index (κ2) is 7.49. The minimum atomic E-state index is -0.715. The summed E-state index contributed by atoms with van der Waals surface area (Å²) >= 11 is 1.43. The Morgan fingerprint density at radius 2 is 2.25 bits per heavy atom. The first kappa shape index (κ1) is 16.8. The highest BCUT2D eigenvalue weighted by Gasteiger charge is 2.33. The van der Waals surface area contributed by atoms with E-state index in [-0.39, 0.29) is 11.7 Å². The molecule has 1 heterocycles. The highest BCUT2D eigenvalue weighted by molar-refractivity contribution is 7.99. The summed E-state index contributed by atoms with van der Waals surface area (Å²) in [6, 6.07) is 0. The van der Waals surface area contributed by atoms with E-state index >= 15 is 0 Å². The lowest BCUT2D eigenvalue weighted by Crippen LogP contribution is -2.50. The molecule has 7 nitrogen and oxygen atoms in total. The molecule has 0 saturated heterocycles. The van der Waals surface area contributed by atoms with E-state index in [1.54, 1.807) is 14.0 Å². The monoisotopic (exact) mass is 302 g/mol. The summed E-state index contributed by atoms with van der Waals surface area (Å²) in [6.07, 6.45) is 0.589. The van der Waals surface area contributed by atoms with Crippen LogP contribution in [0.15, 0.2) is 9.95 Å². The number of rotatable bonds is 8. The van der Waals surface area contributed by atoms with Crippen LogP contribution in [0.2, 0.25) is 0 Å². The first-order chi connectivity index (χ1) is 9.44. The molecular formula is C12H22N4O3S. The molecule has 0 aliphatic carbocycles. The molecule has 0 saturated carbocycles. The van der Waals surface area contributed by atoms with Crippen LogP contribution in [-0.4, -0.2) is 45.2 Å². The van der Waals surface area contributed by atoms with Crippen LogP contribution in [0.25, 0.3) is 0 Å². The molecule has 1 aromatic rings. The van der Waals surface area contributed by atoms with Gasteiger partial charge < -0.3 is 10.1 Å². The van der Waals surface area contributed by atoms with Gasteiger partial charge in [-0.15, -0.1) is 5.10 Å². The first-order valence-electron chi connectivity index (χ1n) is 6.61. The molecule has 0 radical (unpaired) electrons. The molecule has 0 aromatic carbocycles. The quantitative estimate of drug-likeness (QED) is 0.537. The van der Waals surface area contributed by atoms with Crippen molar-refractivity contribution in [3.63, 3.8) is 0 Å². The summed E-state index contributed by atoms with van der Waals surface area (Å²) in [6.45, 7) is 6.61. The van der Waals surface area contributed by atoms with Crippen molar-refractivity contribution in [1.82, 2.24) is 20.1 Å². The van der Waals surface area contributed by atoms with Crippen LogP contribution in [0.3, 0.4) is 0 Å². The maximum absolute atomic E-state index is 12.0. The Bertz CT molecular complexity index is 499. The van der Waals surface area contributed by atoms with Crippen molar-refractivity contribution in [2.24, 2.45) is 7.05 Å². The van der Waals surface area contributed by atoms with E-state index in [0.29, 0.717) is 30.5 Å². The number of thioether (sulfide) groups is 1. The Kier molecular flexibility index (Phi) is 6.28. The summed E-state index contributed by atoms with van der Waals surface area (Å²) in [7, 11) is 1.66. The van der Waals surface area contributed by atoms with Gasteiger partial charge in [-0.3, -0.25) is 9.36 Å². The normalized spacial score (nSPS) is 14.0. The van der Waals surface area contributed by atoms with Crippen molar-refractivity contribution in [3.8, 4) is 0 Å². The molecule has 0 aliphatic heterocycles. The lowest BCUT2D eigenvalue weighted by molar-refractivity contribution is -0.150. The lowest BCUT2D eigenvalue weighted by Gasteiger charge is -2.27. The van der Waals surface area contributed by atoms with Crippen molar-refractivity contribution in [1.29, 1.82) is 0 Å². The van der Waals surface area contributed by atoms with Gasteiger partial charge in [0.05, 0.1) is 6.61 Å². The number of aromatic amines is 1. The van der Waals surface area contributed by atoms with E-state index in [1.165, 1.54) is 16.3 Å². The molecule has 0 amide bonds. The SMILES string of the molecule is CCNC(C)(CCSc1n[nH]c(=O)n1C)C(=O)OCC. The molecule has 1 atom stereocenters. The molecule has 1 rings (SSSR count). The number of hydrogen-bond acceptors (Lipinski definition) is 6. The minimum Gasteiger partial charge on any atom is -0.465 e. The molecular weight excluding hydrogens is 280 g/mol. The van der Waals surface area contributed by atoms with E-state index in [0.717, 1.165) is 0 Å². The summed E-state index contributed by atoms with van der Waals surface area (Å²) < 4.78 is 6.55. The number of aromatic nitrogens is 3. The van der Waals surface area contributed by atoms with Crippen molar-refractivity contribution >= 4 is 17.7 Å². The average molecular weight is 302 g/mol. The zero-order chi connectivity index (χ0) is 15.2. The van der Waals surface area contributed by atoms with E-state index < -0.39 is 5.54 Å². The van der Waals surface area contributed by atoms with Gasteiger partial charge >= 0.3 is 11.7 Å². The van der Waals surface area contributed by atoms with Crippen LogP contribution in [0, 0.1) is 0 Å². The van der Waals surface area contributed by atoms with Crippen LogP contribution in [0.4, 0.5) is 0 Å². The van der Waals surface area contributed by atoms with Crippen molar-refractivity contribution in [2.75, 3.05) is 18.9 Å². The fraction of sp³-hybridized carbons (Fsp3) is 0.750. The Labute approximate surface area is 122 Å². The van der Waals surface area contributed by atoms with Gasteiger partial charge in [-0.2, -0.15) is 0 Å². The predicted octanol–water partition coefficient (Wildman–Crippen LogP) is 0.522. The largest absolute Gasteiger partial charge is 0.465 e. The standard InChI is InChI=1S/C12H22N4O3S/c1-5-13-12(3,9(17)19-6-2)7-8-20-11-15-14-10(18)16(11)4/h13H,5-8H2,1-4H3,(H,14,18). The highest BCUT2D eigenvalue weighted by atomic mass is 32.2. The molecule has 0 spiro atoms. The van der Waals surface area contributed by atoms with Crippen molar-refractivity contribution in [2.45, 2.75) is 37.9 Å². The Balaban J connectivity index is 2.61. The van der Waals surface area contributed by atoms with Crippen molar-refractivity contribution < 1.29 is 9.53 Å². The van der Waals surface area contributed by atoms with E-state index in [9.17, 15) is 9.59 Å². The molecule has 1 unspecified atom stereocenters. The Morgan fingerprint density at radius 3 is 2.75 bits per heavy atom. The Morgan fingerprint density at radius 1 is 1.55 bits per heavy atom. The maximum atomic E-state index is 12.0. The molecule has 1 aromatic heterocycles. The van der Waals surface area contributed by atoms with Gasteiger partial charge in [-0.25, -0.2) is 9.89 Å². The van der Waals surface area contributed by atoms with Gasteiger partial charge in [-0.1, -0.05) is 18.7 Å². The summed E-state index contributed by atoms with van der Waals surface area (Å²) in [5.41, 5.74) is -0.959. The number of hydrogen-bond donors (Lipinski definition) is 2. The number of esters is 1. The fourth-order valence-corrected chi connectivity index (χ4v) is 2.83. The number of carbonyl (C=O) groups excluding carboxylic acids is 1. The first-order valence-corrected chi connectivity index (χ1v) is 7.59. The van der Waals surface area contributed by atoms with Gasteiger partial charge in [0.2, 0.25) is 0 Å². The van der Waals surface area contributed by atoms with E-state index in [2.05, 4.69) is 15.5 Å². The van der Waals surface area contributed by atoms with Gasteiger partial charge in [-0.05, 0) is 26.8 Å².